The number of carbonyl (C=O) groups excluding carboxylic acids is 1. The summed E-state index contributed by atoms with van der Waals surface area (Å²) < 4.78 is 5.89. The van der Waals surface area contributed by atoms with Gasteiger partial charge >= 0.3 is 5.97 Å². The summed E-state index contributed by atoms with van der Waals surface area (Å²) >= 11 is 0. The molecule has 1 N–H and O–H groups in total. The van der Waals surface area contributed by atoms with E-state index in [2.05, 4.69) is 6.07 Å². The number of carboxylic acids is 1. The maximum atomic E-state index is 12.0. The van der Waals surface area contributed by atoms with Crippen molar-refractivity contribution in [1.82, 2.24) is 0 Å². The third-order valence-electron chi connectivity index (χ3n) is 5.23. The van der Waals surface area contributed by atoms with Crippen LogP contribution in [0.1, 0.15) is 72.9 Å². The third-order valence-corrected chi connectivity index (χ3v) is 5.23. The molecule has 0 spiro atoms. The molecule has 3 rings (SSSR count). The van der Waals surface area contributed by atoms with Crippen molar-refractivity contribution >= 4 is 11.8 Å². The molecule has 0 bridgehead atoms. The van der Waals surface area contributed by atoms with E-state index in [0.717, 1.165) is 29.7 Å². The van der Waals surface area contributed by atoms with Crippen LogP contribution in [0, 0.1) is 5.92 Å². The summed E-state index contributed by atoms with van der Waals surface area (Å²) in [5.41, 5.74) is 3.16. The second-order valence-electron chi connectivity index (χ2n) is 7.09. The number of Topliss-reactive ketones (excluding diaryl/α,β-unsaturated/α-hetero) is 1. The molecule has 130 valence electrons. The van der Waals surface area contributed by atoms with E-state index < -0.39 is 5.97 Å². The van der Waals surface area contributed by atoms with Gasteiger partial charge < -0.3 is 9.84 Å². The lowest BCUT2D eigenvalue weighted by Gasteiger charge is -2.23. The maximum absolute atomic E-state index is 12.0. The van der Waals surface area contributed by atoms with Gasteiger partial charge in [0.2, 0.25) is 0 Å². The minimum Gasteiger partial charge on any atom is -0.493 e. The molecule has 24 heavy (non-hydrogen) atoms. The zero-order valence-corrected chi connectivity index (χ0v) is 14.2. The Morgan fingerprint density at radius 2 is 1.96 bits per heavy atom. The molecule has 0 amide bonds. The van der Waals surface area contributed by atoms with Crippen molar-refractivity contribution < 1.29 is 19.4 Å². The first-order valence-electron chi connectivity index (χ1n) is 9.17. The predicted molar refractivity (Wildman–Crippen MR) is 91.7 cm³/mol. The molecule has 1 aromatic carbocycles. The Labute approximate surface area is 143 Å². The average Bonchev–Trinajstić information content (AvgIpc) is 2.93. The molecule has 4 heteroatoms. The normalized spacial score (nSPS) is 17.8. The minimum absolute atomic E-state index is 0.113. The van der Waals surface area contributed by atoms with E-state index in [4.69, 9.17) is 9.84 Å². The maximum Gasteiger partial charge on any atom is 0.303 e. The first-order chi connectivity index (χ1) is 11.6. The van der Waals surface area contributed by atoms with E-state index in [1.807, 2.05) is 6.07 Å². The van der Waals surface area contributed by atoms with E-state index in [9.17, 15) is 9.59 Å². The summed E-state index contributed by atoms with van der Waals surface area (Å²) in [5.74, 6) is 0.894. The summed E-state index contributed by atoms with van der Waals surface area (Å²) in [6.07, 6.45) is 9.55. The van der Waals surface area contributed by atoms with Gasteiger partial charge in [-0.1, -0.05) is 38.2 Å². The van der Waals surface area contributed by atoms with Crippen molar-refractivity contribution in [3.8, 4) is 5.75 Å². The summed E-state index contributed by atoms with van der Waals surface area (Å²) in [4.78, 5) is 22.6. The van der Waals surface area contributed by atoms with Crippen molar-refractivity contribution in [2.24, 2.45) is 5.92 Å². The van der Waals surface area contributed by atoms with Crippen molar-refractivity contribution in [2.75, 3.05) is 6.61 Å². The second-order valence-corrected chi connectivity index (χ2v) is 7.09. The van der Waals surface area contributed by atoms with E-state index in [0.29, 0.717) is 25.4 Å². The van der Waals surface area contributed by atoms with Crippen LogP contribution in [-0.4, -0.2) is 23.5 Å². The number of ether oxygens (including phenoxy) is 1. The zero-order chi connectivity index (χ0) is 16.9. The topological polar surface area (TPSA) is 63.6 Å². The number of hydrogen-bond donors (Lipinski definition) is 1. The fourth-order valence-corrected chi connectivity index (χ4v) is 3.93. The van der Waals surface area contributed by atoms with Gasteiger partial charge in [0.15, 0.2) is 5.78 Å². The van der Waals surface area contributed by atoms with Crippen LogP contribution >= 0.6 is 0 Å². The summed E-state index contributed by atoms with van der Waals surface area (Å²) in [6, 6.07) is 4.07. The fraction of sp³-hybridized carbons (Fsp3) is 0.600. The number of fused-ring (bicyclic) bond motifs is 1. The number of benzene rings is 1. The Morgan fingerprint density at radius 1 is 1.17 bits per heavy atom. The monoisotopic (exact) mass is 330 g/mol. The van der Waals surface area contributed by atoms with Gasteiger partial charge in [-0.15, -0.1) is 0 Å². The molecule has 2 aliphatic rings. The zero-order valence-electron chi connectivity index (χ0n) is 14.2. The molecule has 4 nitrogen and oxygen atoms in total. The molecular formula is C20H26O4. The molecule has 1 saturated carbocycles. The lowest BCUT2D eigenvalue weighted by Crippen LogP contribution is -2.11. The van der Waals surface area contributed by atoms with Crippen LogP contribution in [-0.2, 0) is 17.6 Å². The number of aryl methyl sites for hydroxylation is 1. The van der Waals surface area contributed by atoms with Crippen LogP contribution in [0.3, 0.4) is 0 Å². The van der Waals surface area contributed by atoms with Gasteiger partial charge in [0.05, 0.1) is 6.61 Å². The largest absolute Gasteiger partial charge is 0.493 e. The highest BCUT2D eigenvalue weighted by Crippen LogP contribution is 2.34. The van der Waals surface area contributed by atoms with Crippen LogP contribution in [0.25, 0.3) is 0 Å². The molecule has 0 radical (unpaired) electrons. The number of rotatable bonds is 7. The van der Waals surface area contributed by atoms with Gasteiger partial charge in [0.1, 0.15) is 5.75 Å². The van der Waals surface area contributed by atoms with Gasteiger partial charge in [-0.2, -0.15) is 0 Å². The molecule has 0 saturated heterocycles. The Morgan fingerprint density at radius 3 is 2.71 bits per heavy atom. The number of carboxylic acid groups (broad SMARTS) is 1. The Bertz CT molecular complexity index is 614. The second kappa shape index (κ2) is 7.82. The smallest absolute Gasteiger partial charge is 0.303 e. The fourth-order valence-electron chi connectivity index (χ4n) is 3.93. The SMILES string of the molecule is O=C(O)CCCOc1cc2c(cc1CC1CCCCC1)CCC2=O. The lowest BCUT2D eigenvalue weighted by atomic mass is 9.84. The first kappa shape index (κ1) is 17.0. The molecule has 0 aromatic heterocycles. The summed E-state index contributed by atoms with van der Waals surface area (Å²) in [5, 5.41) is 8.74. The van der Waals surface area contributed by atoms with E-state index >= 15 is 0 Å². The highest BCUT2D eigenvalue weighted by molar-refractivity contribution is 6.00. The molecule has 2 aliphatic carbocycles. The summed E-state index contributed by atoms with van der Waals surface area (Å²) in [6.45, 7) is 0.386. The number of aliphatic carboxylic acids is 1. The van der Waals surface area contributed by atoms with Gasteiger partial charge in [-0.3, -0.25) is 9.59 Å². The van der Waals surface area contributed by atoms with Gasteiger partial charge in [-0.25, -0.2) is 0 Å². The van der Waals surface area contributed by atoms with Gasteiger partial charge in [0.25, 0.3) is 0 Å². The van der Waals surface area contributed by atoms with Gasteiger partial charge in [0, 0.05) is 18.4 Å². The highest BCUT2D eigenvalue weighted by atomic mass is 16.5. The van der Waals surface area contributed by atoms with Crippen LogP contribution in [0.4, 0.5) is 0 Å². The summed E-state index contributed by atoms with van der Waals surface area (Å²) in [7, 11) is 0. The molecule has 0 atom stereocenters. The predicted octanol–water partition coefficient (Wildman–Crippen LogP) is 4.18. The molecule has 0 aliphatic heterocycles. The molecule has 1 aromatic rings. The third kappa shape index (κ3) is 4.16. The minimum atomic E-state index is -0.801. The highest BCUT2D eigenvalue weighted by Gasteiger charge is 2.24. The van der Waals surface area contributed by atoms with Crippen molar-refractivity contribution in [3.05, 3.63) is 28.8 Å². The molecule has 1 fully saturated rings. The Balaban J connectivity index is 1.74. The van der Waals surface area contributed by atoms with E-state index in [1.54, 1.807) is 0 Å². The van der Waals surface area contributed by atoms with Crippen LogP contribution < -0.4 is 4.74 Å². The van der Waals surface area contributed by atoms with Gasteiger partial charge in [-0.05, 0) is 42.4 Å². The molecular weight excluding hydrogens is 304 g/mol. The van der Waals surface area contributed by atoms with Crippen LogP contribution in [0.2, 0.25) is 0 Å². The average molecular weight is 330 g/mol. The molecule has 0 heterocycles. The number of hydrogen-bond acceptors (Lipinski definition) is 3. The number of ketones is 1. The lowest BCUT2D eigenvalue weighted by molar-refractivity contribution is -0.137. The first-order valence-corrected chi connectivity index (χ1v) is 9.17. The van der Waals surface area contributed by atoms with E-state index in [1.165, 1.54) is 37.7 Å². The number of carbonyl (C=O) groups is 2. The van der Waals surface area contributed by atoms with Crippen LogP contribution in [0.5, 0.6) is 5.75 Å². The Kier molecular flexibility index (Phi) is 5.54. The standard InChI is InChI=1S/C20H26O4/c21-18-9-8-15-12-16(11-14-5-2-1-3-6-14)19(13-17(15)18)24-10-4-7-20(22)23/h12-14H,1-11H2,(H,22,23). The quantitative estimate of drug-likeness (QED) is 0.762. The van der Waals surface area contributed by atoms with Crippen molar-refractivity contribution in [3.63, 3.8) is 0 Å². The van der Waals surface area contributed by atoms with E-state index in [-0.39, 0.29) is 12.2 Å². The van der Waals surface area contributed by atoms with Crippen molar-refractivity contribution in [1.29, 1.82) is 0 Å². The molecule has 0 unspecified atom stereocenters. The Hall–Kier alpha value is -1.84. The van der Waals surface area contributed by atoms with Crippen molar-refractivity contribution in [2.45, 2.75) is 64.2 Å². The van der Waals surface area contributed by atoms with Crippen LogP contribution in [0.15, 0.2) is 12.1 Å².